The second kappa shape index (κ2) is 7.91. The number of hydrogen-bond donors (Lipinski definition) is 1. The molecule has 2 heterocycles. The smallest absolute Gasteiger partial charge is 0.378 e. The summed E-state index contributed by atoms with van der Waals surface area (Å²) in [5, 5.41) is 3.23. The Bertz CT molecular complexity index is 926. The summed E-state index contributed by atoms with van der Waals surface area (Å²) in [6.07, 6.45) is -2.69. The quantitative estimate of drug-likeness (QED) is 0.795. The van der Waals surface area contributed by atoms with Crippen LogP contribution in [0, 0.1) is 0 Å². The molecule has 1 aromatic rings. The second-order valence-corrected chi connectivity index (χ2v) is 7.79. The van der Waals surface area contributed by atoms with E-state index in [4.69, 9.17) is 4.74 Å². The monoisotopic (exact) mass is 420 g/mol. The average Bonchev–Trinajstić information content (AvgIpc) is 2.72. The van der Waals surface area contributed by atoms with E-state index < -0.39 is 17.7 Å². The Labute approximate surface area is 172 Å². The predicted molar refractivity (Wildman–Crippen MR) is 103 cm³/mol. The molecule has 0 saturated carbocycles. The van der Waals surface area contributed by atoms with Crippen molar-refractivity contribution in [2.24, 2.45) is 0 Å². The molecule has 1 N–H and O–H groups in total. The van der Waals surface area contributed by atoms with Crippen molar-refractivity contribution >= 4 is 11.7 Å². The molecular weight excluding hydrogens is 397 g/mol. The molecule has 5 nitrogen and oxygen atoms in total. The standard InChI is InChI=1S/C22H23F3N2O3/c1-13-18(21(29)27-9-11-30-12-10-27)19(20-16(26-13)3-2-4-17(20)28)14-5-7-15(8-6-14)22(23,24)25/h5-8,19,26H,2-4,9-12H2,1H3/t19-/m1/s1. The lowest BCUT2D eigenvalue weighted by atomic mass is 9.74. The highest BCUT2D eigenvalue weighted by molar-refractivity contribution is 6.05. The highest BCUT2D eigenvalue weighted by atomic mass is 19.4. The predicted octanol–water partition coefficient (Wildman–Crippen LogP) is 3.53. The minimum atomic E-state index is -4.45. The number of Topliss-reactive ketones (excluding diaryl/α,β-unsaturated/α-hetero) is 1. The van der Waals surface area contributed by atoms with Gasteiger partial charge in [-0.05, 0) is 37.5 Å². The first kappa shape index (κ1) is 20.7. The first-order chi connectivity index (χ1) is 14.3. The number of dihydropyridines is 1. The van der Waals surface area contributed by atoms with Crippen molar-refractivity contribution in [3.05, 3.63) is 57.9 Å². The van der Waals surface area contributed by atoms with Crippen LogP contribution in [0.25, 0.3) is 0 Å². The number of rotatable bonds is 2. The van der Waals surface area contributed by atoms with Crippen LogP contribution in [0.15, 0.2) is 46.8 Å². The van der Waals surface area contributed by atoms with Gasteiger partial charge in [-0.1, -0.05) is 12.1 Å². The van der Waals surface area contributed by atoms with Crippen molar-refractivity contribution in [2.75, 3.05) is 26.3 Å². The summed E-state index contributed by atoms with van der Waals surface area (Å²) < 4.78 is 44.5. The second-order valence-electron chi connectivity index (χ2n) is 7.79. The number of halogens is 3. The SMILES string of the molecule is CC1=C(C(=O)N2CCOCC2)[C@@H](c2ccc(C(F)(F)F)cc2)C2=C(CCCC2=O)N1. The normalized spacial score (nSPS) is 22.7. The van der Waals surface area contributed by atoms with E-state index in [-0.39, 0.29) is 11.7 Å². The fourth-order valence-electron chi connectivity index (χ4n) is 4.40. The third-order valence-electron chi connectivity index (χ3n) is 5.88. The van der Waals surface area contributed by atoms with Crippen molar-refractivity contribution in [3.63, 3.8) is 0 Å². The summed E-state index contributed by atoms with van der Waals surface area (Å²) >= 11 is 0. The highest BCUT2D eigenvalue weighted by Crippen LogP contribution is 2.43. The third-order valence-corrected chi connectivity index (χ3v) is 5.88. The number of alkyl halides is 3. The number of amides is 1. The molecule has 8 heteroatoms. The van der Waals surface area contributed by atoms with Crippen molar-refractivity contribution in [1.29, 1.82) is 0 Å². The van der Waals surface area contributed by atoms with E-state index in [0.29, 0.717) is 68.0 Å². The fourth-order valence-corrected chi connectivity index (χ4v) is 4.40. The van der Waals surface area contributed by atoms with Crippen LogP contribution in [0.1, 0.15) is 43.2 Å². The molecule has 0 aromatic heterocycles. The number of benzene rings is 1. The maximum absolute atomic E-state index is 13.4. The molecule has 1 atom stereocenters. The van der Waals surface area contributed by atoms with Crippen LogP contribution < -0.4 is 5.32 Å². The van der Waals surface area contributed by atoms with Gasteiger partial charge < -0.3 is 15.0 Å². The van der Waals surface area contributed by atoms with Gasteiger partial charge in [0.2, 0.25) is 0 Å². The van der Waals surface area contributed by atoms with Gasteiger partial charge in [0.15, 0.2) is 5.78 Å². The molecule has 1 amide bonds. The number of allylic oxidation sites excluding steroid dienone is 3. The number of carbonyl (C=O) groups excluding carboxylic acids is 2. The molecule has 1 aromatic carbocycles. The zero-order valence-corrected chi connectivity index (χ0v) is 16.6. The van der Waals surface area contributed by atoms with Gasteiger partial charge in [0.05, 0.1) is 18.8 Å². The highest BCUT2D eigenvalue weighted by Gasteiger charge is 2.40. The van der Waals surface area contributed by atoms with Crippen LogP contribution in [-0.4, -0.2) is 42.9 Å². The molecule has 1 aliphatic carbocycles. The number of ether oxygens (including phenoxy) is 1. The van der Waals surface area contributed by atoms with E-state index >= 15 is 0 Å². The van der Waals surface area contributed by atoms with Crippen LogP contribution in [0.3, 0.4) is 0 Å². The number of ketones is 1. The van der Waals surface area contributed by atoms with Crippen molar-refractivity contribution in [3.8, 4) is 0 Å². The molecule has 2 aliphatic heterocycles. The van der Waals surface area contributed by atoms with Gasteiger partial charge in [-0.3, -0.25) is 9.59 Å². The van der Waals surface area contributed by atoms with Crippen LogP contribution in [0.4, 0.5) is 13.2 Å². The summed E-state index contributed by atoms with van der Waals surface area (Å²) in [6.45, 7) is 3.53. The maximum atomic E-state index is 13.4. The van der Waals surface area contributed by atoms with E-state index in [2.05, 4.69) is 5.32 Å². The molecule has 0 spiro atoms. The summed E-state index contributed by atoms with van der Waals surface area (Å²) in [7, 11) is 0. The lowest BCUT2D eigenvalue weighted by Gasteiger charge is -2.37. The first-order valence-electron chi connectivity index (χ1n) is 10.1. The summed E-state index contributed by atoms with van der Waals surface area (Å²) in [6, 6.07) is 4.78. The molecule has 1 saturated heterocycles. The lowest BCUT2D eigenvalue weighted by Crippen LogP contribution is -2.44. The first-order valence-corrected chi connectivity index (χ1v) is 10.1. The Hall–Kier alpha value is -2.61. The van der Waals surface area contributed by atoms with Crippen molar-refractivity contribution in [2.45, 2.75) is 38.3 Å². The van der Waals surface area contributed by atoms with E-state index in [1.165, 1.54) is 12.1 Å². The largest absolute Gasteiger partial charge is 0.416 e. The molecule has 1 fully saturated rings. The van der Waals surface area contributed by atoms with E-state index in [1.807, 2.05) is 0 Å². The Morgan fingerprint density at radius 1 is 1.13 bits per heavy atom. The summed E-state index contributed by atoms with van der Waals surface area (Å²) in [5.74, 6) is -0.946. The molecule has 0 radical (unpaired) electrons. The zero-order chi connectivity index (χ0) is 21.5. The molecule has 3 aliphatic rings. The van der Waals surface area contributed by atoms with E-state index in [0.717, 1.165) is 17.8 Å². The Kier molecular flexibility index (Phi) is 5.44. The minimum absolute atomic E-state index is 0.0616. The van der Waals surface area contributed by atoms with Crippen molar-refractivity contribution < 1.29 is 27.5 Å². The zero-order valence-electron chi connectivity index (χ0n) is 16.6. The third kappa shape index (κ3) is 3.76. The minimum Gasteiger partial charge on any atom is -0.378 e. The van der Waals surface area contributed by atoms with Crippen LogP contribution in [0.5, 0.6) is 0 Å². The Morgan fingerprint density at radius 2 is 1.80 bits per heavy atom. The molecule has 160 valence electrons. The van der Waals surface area contributed by atoms with Crippen LogP contribution in [-0.2, 0) is 20.5 Å². The molecule has 30 heavy (non-hydrogen) atoms. The molecular formula is C22H23F3N2O3. The average molecular weight is 420 g/mol. The number of nitrogens with zero attached hydrogens (tertiary/aromatic N) is 1. The topological polar surface area (TPSA) is 58.6 Å². The van der Waals surface area contributed by atoms with Crippen LogP contribution in [0.2, 0.25) is 0 Å². The Balaban J connectivity index is 1.79. The molecule has 0 bridgehead atoms. The van der Waals surface area contributed by atoms with Gasteiger partial charge in [-0.25, -0.2) is 0 Å². The number of carbonyl (C=O) groups is 2. The lowest BCUT2D eigenvalue weighted by molar-refractivity contribution is -0.137. The summed E-state index contributed by atoms with van der Waals surface area (Å²) in [4.78, 5) is 27.9. The van der Waals surface area contributed by atoms with Gasteiger partial charge >= 0.3 is 6.18 Å². The number of morpholine rings is 1. The number of nitrogens with one attached hydrogen (secondary N) is 1. The Morgan fingerprint density at radius 3 is 2.43 bits per heavy atom. The van der Waals surface area contributed by atoms with E-state index in [9.17, 15) is 22.8 Å². The van der Waals surface area contributed by atoms with Crippen molar-refractivity contribution in [1.82, 2.24) is 10.2 Å². The summed E-state index contributed by atoms with van der Waals surface area (Å²) in [5.41, 5.74) is 2.10. The number of hydrogen-bond acceptors (Lipinski definition) is 4. The van der Waals surface area contributed by atoms with Gasteiger partial charge in [0, 0.05) is 48.0 Å². The van der Waals surface area contributed by atoms with Crippen LogP contribution >= 0.6 is 0 Å². The molecule has 4 rings (SSSR count). The van der Waals surface area contributed by atoms with Gasteiger partial charge in [0.25, 0.3) is 5.91 Å². The molecule has 0 unspecified atom stereocenters. The maximum Gasteiger partial charge on any atom is 0.416 e. The van der Waals surface area contributed by atoms with E-state index in [1.54, 1.807) is 11.8 Å². The van der Waals surface area contributed by atoms with Gasteiger partial charge in [-0.15, -0.1) is 0 Å². The fraction of sp³-hybridized carbons (Fsp3) is 0.455. The van der Waals surface area contributed by atoms with Gasteiger partial charge in [-0.2, -0.15) is 13.2 Å². The van der Waals surface area contributed by atoms with Gasteiger partial charge in [0.1, 0.15) is 0 Å².